The van der Waals surface area contributed by atoms with Gasteiger partial charge in [0.2, 0.25) is 0 Å². The van der Waals surface area contributed by atoms with Gasteiger partial charge in [0.25, 0.3) is 5.91 Å². The molecular formula is C10H11ClN4O. The van der Waals surface area contributed by atoms with Gasteiger partial charge in [-0.1, -0.05) is 11.6 Å². The van der Waals surface area contributed by atoms with E-state index in [9.17, 15) is 4.79 Å². The summed E-state index contributed by atoms with van der Waals surface area (Å²) in [6.45, 7) is 3.64. The van der Waals surface area contributed by atoms with Gasteiger partial charge in [-0.3, -0.25) is 9.48 Å². The number of nitrogens with zero attached hydrogens (tertiary/aromatic N) is 4. The summed E-state index contributed by atoms with van der Waals surface area (Å²) in [5.74, 6) is -0.309. The Hall–Kier alpha value is -1.62. The molecule has 6 heteroatoms. The van der Waals surface area contributed by atoms with Gasteiger partial charge >= 0.3 is 0 Å². The lowest BCUT2D eigenvalue weighted by molar-refractivity contribution is 0.0937. The number of aryl methyl sites for hydroxylation is 3. The van der Waals surface area contributed by atoms with Crippen LogP contribution in [0, 0.1) is 13.8 Å². The molecule has 0 saturated heterocycles. The van der Waals surface area contributed by atoms with Crippen LogP contribution in [0.1, 0.15) is 21.9 Å². The van der Waals surface area contributed by atoms with Gasteiger partial charge < -0.3 is 0 Å². The Morgan fingerprint density at radius 1 is 1.38 bits per heavy atom. The number of carbonyl (C=O) groups is 1. The molecule has 2 aromatic heterocycles. The minimum absolute atomic E-state index is 0.218. The first-order chi connectivity index (χ1) is 7.49. The molecule has 0 spiro atoms. The van der Waals surface area contributed by atoms with Gasteiger partial charge in [0.1, 0.15) is 0 Å². The third kappa shape index (κ3) is 1.74. The fraction of sp³-hybridized carbons (Fsp3) is 0.300. The van der Waals surface area contributed by atoms with Crippen LogP contribution in [-0.4, -0.2) is 25.5 Å². The van der Waals surface area contributed by atoms with E-state index in [1.807, 2.05) is 19.9 Å². The van der Waals surface area contributed by atoms with Gasteiger partial charge in [-0.05, 0) is 19.9 Å². The van der Waals surface area contributed by atoms with E-state index >= 15 is 0 Å². The normalized spacial score (nSPS) is 10.8. The van der Waals surface area contributed by atoms with Crippen molar-refractivity contribution >= 4 is 17.5 Å². The number of halogens is 1. The summed E-state index contributed by atoms with van der Waals surface area (Å²) in [5, 5.41) is 8.44. The molecule has 0 unspecified atom stereocenters. The van der Waals surface area contributed by atoms with Crippen molar-refractivity contribution in [1.82, 2.24) is 19.6 Å². The molecule has 0 fully saturated rings. The molecule has 84 valence electrons. The lowest BCUT2D eigenvalue weighted by Gasteiger charge is -1.99. The molecule has 0 aromatic carbocycles. The van der Waals surface area contributed by atoms with Gasteiger partial charge in [0.05, 0.1) is 10.7 Å². The summed E-state index contributed by atoms with van der Waals surface area (Å²) in [6, 6.07) is 1.83. The van der Waals surface area contributed by atoms with Crippen molar-refractivity contribution in [3.05, 3.63) is 34.4 Å². The van der Waals surface area contributed by atoms with Crippen LogP contribution in [-0.2, 0) is 7.05 Å². The predicted molar refractivity (Wildman–Crippen MR) is 59.6 cm³/mol. The van der Waals surface area contributed by atoms with Gasteiger partial charge in [-0.15, -0.1) is 0 Å². The second kappa shape index (κ2) is 3.75. The van der Waals surface area contributed by atoms with E-state index in [-0.39, 0.29) is 11.6 Å². The summed E-state index contributed by atoms with van der Waals surface area (Å²) in [6.07, 6.45) is 1.58. The molecule has 16 heavy (non-hydrogen) atoms. The Kier molecular flexibility index (Phi) is 2.55. The van der Waals surface area contributed by atoms with Crippen molar-refractivity contribution in [2.75, 3.05) is 0 Å². The average molecular weight is 239 g/mol. The lowest BCUT2D eigenvalue weighted by Crippen LogP contribution is -2.16. The number of carbonyl (C=O) groups excluding carboxylic acids is 1. The SMILES string of the molecule is Cc1cc(C)n(C(=O)c2nn(C)cc2Cl)n1. The molecule has 5 nitrogen and oxygen atoms in total. The highest BCUT2D eigenvalue weighted by molar-refractivity contribution is 6.33. The first-order valence-electron chi connectivity index (χ1n) is 4.76. The van der Waals surface area contributed by atoms with Crippen LogP contribution in [0.25, 0.3) is 0 Å². The van der Waals surface area contributed by atoms with Crippen molar-refractivity contribution < 1.29 is 4.79 Å². The quantitative estimate of drug-likeness (QED) is 0.758. The Bertz CT molecular complexity index is 507. The molecule has 2 heterocycles. The topological polar surface area (TPSA) is 52.7 Å². The maximum Gasteiger partial charge on any atom is 0.300 e. The predicted octanol–water partition coefficient (Wildman–Crippen LogP) is 1.58. The van der Waals surface area contributed by atoms with Crippen molar-refractivity contribution in [3.63, 3.8) is 0 Å². The molecular weight excluding hydrogens is 228 g/mol. The molecule has 2 rings (SSSR count). The number of hydrogen-bond donors (Lipinski definition) is 0. The van der Waals surface area contributed by atoms with E-state index in [0.29, 0.717) is 5.02 Å². The molecule has 0 amide bonds. The number of aromatic nitrogens is 4. The first-order valence-corrected chi connectivity index (χ1v) is 5.14. The molecule has 0 radical (unpaired) electrons. The fourth-order valence-corrected chi connectivity index (χ4v) is 1.80. The highest BCUT2D eigenvalue weighted by Gasteiger charge is 2.19. The molecule has 0 bridgehead atoms. The molecule has 0 aliphatic carbocycles. The summed E-state index contributed by atoms with van der Waals surface area (Å²) in [5.41, 5.74) is 1.78. The zero-order valence-corrected chi connectivity index (χ0v) is 9.99. The minimum Gasteiger partial charge on any atom is -0.273 e. The van der Waals surface area contributed by atoms with Gasteiger partial charge in [-0.2, -0.15) is 14.9 Å². The Labute approximate surface area is 97.6 Å². The van der Waals surface area contributed by atoms with Crippen molar-refractivity contribution in [1.29, 1.82) is 0 Å². The maximum atomic E-state index is 12.1. The highest BCUT2D eigenvalue weighted by Crippen LogP contribution is 2.15. The second-order valence-corrected chi connectivity index (χ2v) is 4.05. The van der Waals surface area contributed by atoms with Crippen LogP contribution in [0.4, 0.5) is 0 Å². The third-order valence-electron chi connectivity index (χ3n) is 2.19. The number of rotatable bonds is 1. The molecule has 0 aliphatic rings. The third-order valence-corrected chi connectivity index (χ3v) is 2.47. The summed E-state index contributed by atoms with van der Waals surface area (Å²) in [7, 11) is 1.71. The summed E-state index contributed by atoms with van der Waals surface area (Å²) >= 11 is 5.90. The standard InChI is InChI=1S/C10H11ClN4O/c1-6-4-7(2)15(12-6)10(16)9-8(11)5-14(3)13-9/h4-5H,1-3H3. The van der Waals surface area contributed by atoms with Crippen LogP contribution in [0.15, 0.2) is 12.3 Å². The second-order valence-electron chi connectivity index (χ2n) is 3.64. The minimum atomic E-state index is -0.309. The fourth-order valence-electron chi connectivity index (χ4n) is 1.54. The van der Waals surface area contributed by atoms with Crippen LogP contribution in [0.3, 0.4) is 0 Å². The monoisotopic (exact) mass is 238 g/mol. The van der Waals surface area contributed by atoms with E-state index in [4.69, 9.17) is 11.6 Å². The van der Waals surface area contributed by atoms with Gasteiger partial charge in [0.15, 0.2) is 5.69 Å². The van der Waals surface area contributed by atoms with Gasteiger partial charge in [0, 0.05) is 18.9 Å². The van der Waals surface area contributed by atoms with Crippen molar-refractivity contribution in [3.8, 4) is 0 Å². The largest absolute Gasteiger partial charge is 0.300 e. The van der Waals surface area contributed by atoms with Crippen molar-refractivity contribution in [2.45, 2.75) is 13.8 Å². The highest BCUT2D eigenvalue weighted by atomic mass is 35.5. The Morgan fingerprint density at radius 2 is 2.06 bits per heavy atom. The average Bonchev–Trinajstić information content (AvgIpc) is 2.68. The summed E-state index contributed by atoms with van der Waals surface area (Å²) in [4.78, 5) is 12.1. The zero-order valence-electron chi connectivity index (χ0n) is 9.23. The van der Waals surface area contributed by atoms with E-state index in [1.54, 1.807) is 13.2 Å². The molecule has 0 atom stereocenters. The smallest absolute Gasteiger partial charge is 0.273 e. The van der Waals surface area contributed by atoms with E-state index in [0.717, 1.165) is 11.4 Å². The maximum absolute atomic E-state index is 12.1. The molecule has 2 aromatic rings. The zero-order chi connectivity index (χ0) is 11.9. The van der Waals surface area contributed by atoms with Crippen LogP contribution in [0.5, 0.6) is 0 Å². The Morgan fingerprint density at radius 3 is 2.50 bits per heavy atom. The summed E-state index contributed by atoms with van der Waals surface area (Å²) < 4.78 is 2.81. The van der Waals surface area contributed by atoms with Gasteiger partial charge in [-0.25, -0.2) is 0 Å². The van der Waals surface area contributed by atoms with Crippen LogP contribution < -0.4 is 0 Å². The van der Waals surface area contributed by atoms with E-state index in [1.165, 1.54) is 9.36 Å². The lowest BCUT2D eigenvalue weighted by atomic mass is 10.4. The molecule has 0 N–H and O–H groups in total. The van der Waals surface area contributed by atoms with E-state index < -0.39 is 0 Å². The molecule has 0 aliphatic heterocycles. The Balaban J connectivity index is 2.46. The van der Waals surface area contributed by atoms with E-state index in [2.05, 4.69) is 10.2 Å². The van der Waals surface area contributed by atoms with Crippen LogP contribution >= 0.6 is 11.6 Å². The first kappa shape index (κ1) is 10.9. The molecule has 0 saturated carbocycles. The van der Waals surface area contributed by atoms with Crippen molar-refractivity contribution in [2.24, 2.45) is 7.05 Å². The van der Waals surface area contributed by atoms with Crippen LogP contribution in [0.2, 0.25) is 5.02 Å². The number of hydrogen-bond acceptors (Lipinski definition) is 3.